The number of fused-ring (bicyclic) bond motifs is 1. The number of hydrogen-bond donors (Lipinski definition) is 2. The minimum absolute atomic E-state index is 0.0200. The van der Waals surface area contributed by atoms with Crippen molar-refractivity contribution in [2.24, 2.45) is 0 Å². The van der Waals surface area contributed by atoms with Crippen LogP contribution in [0.25, 0.3) is 0 Å². The SMILES string of the molecule is CN1CCC(NC(=O)Nc2cccc(Cl)c2)c2ccccc21. The van der Waals surface area contributed by atoms with Crippen molar-refractivity contribution in [3.8, 4) is 0 Å². The van der Waals surface area contributed by atoms with Gasteiger partial charge in [-0.1, -0.05) is 35.9 Å². The summed E-state index contributed by atoms with van der Waals surface area (Å²) < 4.78 is 0. The molecule has 1 heterocycles. The number of para-hydroxylation sites is 1. The van der Waals surface area contributed by atoms with Crippen LogP contribution in [0.4, 0.5) is 16.2 Å². The molecule has 0 aromatic heterocycles. The van der Waals surface area contributed by atoms with Crippen LogP contribution in [0.1, 0.15) is 18.0 Å². The van der Waals surface area contributed by atoms with E-state index < -0.39 is 0 Å². The molecule has 0 saturated heterocycles. The zero-order chi connectivity index (χ0) is 15.5. The minimum Gasteiger partial charge on any atom is -0.374 e. The second-order valence-corrected chi connectivity index (χ2v) is 5.87. The lowest BCUT2D eigenvalue weighted by atomic mass is 9.97. The zero-order valence-electron chi connectivity index (χ0n) is 12.3. The second kappa shape index (κ2) is 6.28. The highest BCUT2D eigenvalue weighted by molar-refractivity contribution is 6.30. The standard InChI is InChI=1S/C17H18ClN3O/c1-21-10-9-15(14-7-2-3-8-16(14)21)20-17(22)19-13-6-4-5-12(18)11-13/h2-8,11,15H,9-10H2,1H3,(H2,19,20,22). The first-order chi connectivity index (χ1) is 10.6. The largest absolute Gasteiger partial charge is 0.374 e. The average molecular weight is 316 g/mol. The van der Waals surface area contributed by atoms with Crippen LogP contribution in [0, 0.1) is 0 Å². The van der Waals surface area contributed by atoms with Crippen molar-refractivity contribution in [3.63, 3.8) is 0 Å². The van der Waals surface area contributed by atoms with Crippen LogP contribution in [0.3, 0.4) is 0 Å². The lowest BCUT2D eigenvalue weighted by Gasteiger charge is -2.33. The number of hydrogen-bond acceptors (Lipinski definition) is 2. The summed E-state index contributed by atoms with van der Waals surface area (Å²) in [6.07, 6.45) is 0.885. The van der Waals surface area contributed by atoms with Gasteiger partial charge in [0.1, 0.15) is 0 Å². The molecule has 0 spiro atoms. The Morgan fingerprint density at radius 3 is 2.86 bits per heavy atom. The van der Waals surface area contributed by atoms with Crippen LogP contribution in [0.2, 0.25) is 5.02 Å². The van der Waals surface area contributed by atoms with E-state index in [-0.39, 0.29) is 12.1 Å². The first kappa shape index (κ1) is 14.7. The van der Waals surface area contributed by atoms with Crippen LogP contribution in [-0.4, -0.2) is 19.6 Å². The first-order valence-corrected chi connectivity index (χ1v) is 7.64. The van der Waals surface area contributed by atoms with Gasteiger partial charge in [0.25, 0.3) is 0 Å². The fourth-order valence-electron chi connectivity index (χ4n) is 2.77. The number of benzene rings is 2. The number of anilines is 2. The summed E-state index contributed by atoms with van der Waals surface area (Å²) in [5.41, 5.74) is 3.01. The van der Waals surface area contributed by atoms with Crippen molar-refractivity contribution < 1.29 is 4.79 Å². The average Bonchev–Trinajstić information content (AvgIpc) is 2.50. The number of nitrogens with zero attached hydrogens (tertiary/aromatic N) is 1. The summed E-state index contributed by atoms with van der Waals surface area (Å²) in [7, 11) is 2.07. The Kier molecular flexibility index (Phi) is 4.20. The third-order valence-electron chi connectivity index (χ3n) is 3.86. The molecular weight excluding hydrogens is 298 g/mol. The molecule has 1 aliphatic heterocycles. The number of nitrogens with one attached hydrogen (secondary N) is 2. The molecule has 0 saturated carbocycles. The van der Waals surface area contributed by atoms with Crippen molar-refractivity contribution in [1.82, 2.24) is 5.32 Å². The van der Waals surface area contributed by atoms with Crippen LogP contribution in [0.5, 0.6) is 0 Å². The number of amides is 2. The molecule has 4 nitrogen and oxygen atoms in total. The van der Waals surface area contributed by atoms with Gasteiger partial charge in [-0.05, 0) is 36.2 Å². The van der Waals surface area contributed by atoms with Crippen LogP contribution < -0.4 is 15.5 Å². The molecule has 1 atom stereocenters. The monoisotopic (exact) mass is 315 g/mol. The molecule has 0 aliphatic carbocycles. The van der Waals surface area contributed by atoms with Crippen molar-refractivity contribution in [2.75, 3.05) is 23.8 Å². The summed E-state index contributed by atoms with van der Waals surface area (Å²) in [6, 6.07) is 15.1. The van der Waals surface area contributed by atoms with E-state index >= 15 is 0 Å². The maximum Gasteiger partial charge on any atom is 0.319 e. The molecule has 114 valence electrons. The summed E-state index contributed by atoms with van der Waals surface area (Å²) in [4.78, 5) is 14.4. The summed E-state index contributed by atoms with van der Waals surface area (Å²) in [6.45, 7) is 0.916. The van der Waals surface area contributed by atoms with Gasteiger partial charge in [0.15, 0.2) is 0 Å². The molecule has 5 heteroatoms. The molecule has 0 radical (unpaired) electrons. The van der Waals surface area contributed by atoms with Crippen LogP contribution in [-0.2, 0) is 0 Å². The third-order valence-corrected chi connectivity index (χ3v) is 4.10. The quantitative estimate of drug-likeness (QED) is 0.878. The Hall–Kier alpha value is -2.20. The topological polar surface area (TPSA) is 44.4 Å². The van der Waals surface area contributed by atoms with Gasteiger partial charge in [-0.3, -0.25) is 0 Å². The molecule has 1 unspecified atom stereocenters. The first-order valence-electron chi connectivity index (χ1n) is 7.26. The fourth-order valence-corrected chi connectivity index (χ4v) is 2.96. The molecule has 3 rings (SSSR count). The smallest absolute Gasteiger partial charge is 0.319 e. The van der Waals surface area contributed by atoms with Crippen LogP contribution >= 0.6 is 11.6 Å². The van der Waals surface area contributed by atoms with Crippen molar-refractivity contribution in [3.05, 3.63) is 59.1 Å². The van der Waals surface area contributed by atoms with Gasteiger partial charge in [0.05, 0.1) is 6.04 Å². The van der Waals surface area contributed by atoms with Gasteiger partial charge in [-0.25, -0.2) is 4.79 Å². The second-order valence-electron chi connectivity index (χ2n) is 5.43. The van der Waals surface area contributed by atoms with Gasteiger partial charge in [-0.2, -0.15) is 0 Å². The van der Waals surface area contributed by atoms with Gasteiger partial charge < -0.3 is 15.5 Å². The Morgan fingerprint density at radius 1 is 1.23 bits per heavy atom. The van der Waals surface area contributed by atoms with Gasteiger partial charge in [0, 0.05) is 30.0 Å². The maximum atomic E-state index is 12.2. The van der Waals surface area contributed by atoms with E-state index in [1.807, 2.05) is 24.3 Å². The molecule has 0 bridgehead atoms. The van der Waals surface area contributed by atoms with E-state index in [9.17, 15) is 4.79 Å². The van der Waals surface area contributed by atoms with Gasteiger partial charge >= 0.3 is 6.03 Å². The molecule has 2 N–H and O–H groups in total. The number of carbonyl (C=O) groups excluding carboxylic acids is 1. The number of carbonyl (C=O) groups is 1. The fraction of sp³-hybridized carbons (Fsp3) is 0.235. The van der Waals surface area contributed by atoms with Gasteiger partial charge in [-0.15, -0.1) is 0 Å². The number of rotatable bonds is 2. The number of halogens is 1. The normalized spacial score (nSPS) is 16.8. The molecule has 2 aromatic carbocycles. The Labute approximate surface area is 135 Å². The van der Waals surface area contributed by atoms with E-state index in [1.54, 1.807) is 12.1 Å². The minimum atomic E-state index is -0.216. The molecular formula is C17H18ClN3O. The van der Waals surface area contributed by atoms with E-state index in [0.717, 1.165) is 18.5 Å². The summed E-state index contributed by atoms with van der Waals surface area (Å²) >= 11 is 5.93. The molecule has 2 amide bonds. The van der Waals surface area contributed by atoms with Crippen molar-refractivity contribution >= 4 is 29.0 Å². The highest BCUT2D eigenvalue weighted by atomic mass is 35.5. The summed E-state index contributed by atoms with van der Waals surface area (Å²) in [5.74, 6) is 0. The third kappa shape index (κ3) is 3.17. The summed E-state index contributed by atoms with van der Waals surface area (Å²) in [5, 5.41) is 6.47. The lowest BCUT2D eigenvalue weighted by Crippen LogP contribution is -2.38. The molecule has 1 aliphatic rings. The van der Waals surface area contributed by atoms with E-state index in [0.29, 0.717) is 10.7 Å². The molecule has 0 fully saturated rings. The van der Waals surface area contributed by atoms with Crippen molar-refractivity contribution in [1.29, 1.82) is 0 Å². The van der Waals surface area contributed by atoms with Crippen molar-refractivity contribution in [2.45, 2.75) is 12.5 Å². The lowest BCUT2D eigenvalue weighted by molar-refractivity contribution is 0.247. The Morgan fingerprint density at radius 2 is 2.05 bits per heavy atom. The number of urea groups is 1. The maximum absolute atomic E-state index is 12.2. The predicted octanol–water partition coefficient (Wildman–Crippen LogP) is 4.04. The van der Waals surface area contributed by atoms with E-state index in [1.165, 1.54) is 5.69 Å². The highest BCUT2D eigenvalue weighted by Gasteiger charge is 2.24. The van der Waals surface area contributed by atoms with Crippen LogP contribution in [0.15, 0.2) is 48.5 Å². The molecule has 22 heavy (non-hydrogen) atoms. The zero-order valence-corrected chi connectivity index (χ0v) is 13.1. The Bertz CT molecular complexity index is 689. The predicted molar refractivity (Wildman–Crippen MR) is 90.7 cm³/mol. The van der Waals surface area contributed by atoms with Gasteiger partial charge in [0.2, 0.25) is 0 Å². The van der Waals surface area contributed by atoms with E-state index in [4.69, 9.17) is 11.6 Å². The van der Waals surface area contributed by atoms with E-state index in [2.05, 4.69) is 34.7 Å². The highest BCUT2D eigenvalue weighted by Crippen LogP contribution is 2.32. The Balaban J connectivity index is 1.71. The molecule has 2 aromatic rings.